The third-order valence-corrected chi connectivity index (χ3v) is 4.78. The second-order valence-electron chi connectivity index (χ2n) is 6.38. The zero-order chi connectivity index (χ0) is 20.6. The number of anilines is 1. The van der Waals surface area contributed by atoms with Gasteiger partial charge in [0.1, 0.15) is 5.75 Å². The largest absolute Gasteiger partial charge is 0.493 e. The van der Waals surface area contributed by atoms with Gasteiger partial charge in [-0.15, -0.1) is 0 Å². The van der Waals surface area contributed by atoms with Crippen molar-refractivity contribution < 1.29 is 17.9 Å². The van der Waals surface area contributed by atoms with E-state index in [0.717, 1.165) is 36.8 Å². The summed E-state index contributed by atoms with van der Waals surface area (Å²) in [5.41, 5.74) is 1.72. The molecule has 0 aromatic heterocycles. The standard InChI is InChI=1S/C20H25ClN2O4S/c1-3-13-27-19-9-5-4-7-15(19)8-6-12-22-20(24)17-11-10-16(14-18(17)21)23-28(2,25)26/h4-5,7,9-11,14,23H,3,6,8,12-13H2,1-2H3,(H,22,24). The zero-order valence-electron chi connectivity index (χ0n) is 16.0. The van der Waals surface area contributed by atoms with Crippen LogP contribution in [0.5, 0.6) is 5.75 Å². The van der Waals surface area contributed by atoms with E-state index in [4.69, 9.17) is 16.3 Å². The molecule has 0 saturated heterocycles. The number of sulfonamides is 1. The van der Waals surface area contributed by atoms with Gasteiger partial charge in [0.2, 0.25) is 10.0 Å². The van der Waals surface area contributed by atoms with E-state index in [2.05, 4.69) is 17.0 Å². The number of carbonyl (C=O) groups is 1. The Hall–Kier alpha value is -2.25. The van der Waals surface area contributed by atoms with Crippen LogP contribution in [-0.4, -0.2) is 33.7 Å². The van der Waals surface area contributed by atoms with E-state index in [9.17, 15) is 13.2 Å². The average Bonchev–Trinajstić information content (AvgIpc) is 2.63. The number of ether oxygens (including phenoxy) is 1. The quantitative estimate of drug-likeness (QED) is 0.567. The molecule has 0 radical (unpaired) electrons. The third-order valence-electron chi connectivity index (χ3n) is 3.86. The molecule has 0 aliphatic heterocycles. The summed E-state index contributed by atoms with van der Waals surface area (Å²) < 4.78 is 30.6. The lowest BCUT2D eigenvalue weighted by Crippen LogP contribution is -2.25. The van der Waals surface area contributed by atoms with Crippen LogP contribution in [0, 0.1) is 0 Å². The first-order chi connectivity index (χ1) is 13.3. The molecule has 2 aromatic rings. The molecule has 1 amide bonds. The van der Waals surface area contributed by atoms with E-state index in [1.54, 1.807) is 0 Å². The first-order valence-electron chi connectivity index (χ1n) is 9.06. The number of hydrogen-bond acceptors (Lipinski definition) is 4. The Labute approximate surface area is 171 Å². The molecule has 0 spiro atoms. The summed E-state index contributed by atoms with van der Waals surface area (Å²) in [4.78, 5) is 12.3. The molecule has 6 nitrogen and oxygen atoms in total. The maximum Gasteiger partial charge on any atom is 0.252 e. The van der Waals surface area contributed by atoms with Crippen LogP contribution in [-0.2, 0) is 16.4 Å². The fourth-order valence-electron chi connectivity index (χ4n) is 2.62. The molecule has 28 heavy (non-hydrogen) atoms. The second-order valence-corrected chi connectivity index (χ2v) is 8.54. The van der Waals surface area contributed by atoms with Crippen LogP contribution in [0.25, 0.3) is 0 Å². The van der Waals surface area contributed by atoms with Gasteiger partial charge in [-0.05, 0) is 49.1 Å². The summed E-state index contributed by atoms with van der Waals surface area (Å²) in [7, 11) is -3.40. The molecular weight excluding hydrogens is 400 g/mol. The van der Waals surface area contributed by atoms with E-state index in [1.807, 2.05) is 24.3 Å². The van der Waals surface area contributed by atoms with E-state index in [-0.39, 0.29) is 10.9 Å². The lowest BCUT2D eigenvalue weighted by Gasteiger charge is -2.11. The Morgan fingerprint density at radius 3 is 2.61 bits per heavy atom. The third kappa shape index (κ3) is 7.05. The van der Waals surface area contributed by atoms with Gasteiger partial charge in [0.25, 0.3) is 5.91 Å². The maximum atomic E-state index is 12.3. The highest BCUT2D eigenvalue weighted by Gasteiger charge is 2.12. The molecule has 152 valence electrons. The molecular formula is C20H25ClN2O4S. The van der Waals surface area contributed by atoms with E-state index in [0.29, 0.717) is 24.4 Å². The summed E-state index contributed by atoms with van der Waals surface area (Å²) in [5, 5.41) is 3.02. The van der Waals surface area contributed by atoms with Crippen LogP contribution < -0.4 is 14.8 Å². The lowest BCUT2D eigenvalue weighted by molar-refractivity contribution is 0.0953. The predicted molar refractivity (Wildman–Crippen MR) is 113 cm³/mol. The summed E-state index contributed by atoms with van der Waals surface area (Å²) >= 11 is 6.12. The Kier molecular flexibility index (Phi) is 8.14. The minimum Gasteiger partial charge on any atom is -0.493 e. The highest BCUT2D eigenvalue weighted by molar-refractivity contribution is 7.92. The van der Waals surface area contributed by atoms with Gasteiger partial charge in [0.15, 0.2) is 0 Å². The van der Waals surface area contributed by atoms with E-state index >= 15 is 0 Å². The van der Waals surface area contributed by atoms with Crippen LogP contribution in [0.1, 0.15) is 35.7 Å². The predicted octanol–water partition coefficient (Wildman–Crippen LogP) is 3.86. The van der Waals surface area contributed by atoms with Crippen molar-refractivity contribution in [3.63, 3.8) is 0 Å². The van der Waals surface area contributed by atoms with Crippen molar-refractivity contribution in [3.8, 4) is 5.75 Å². The Balaban J connectivity index is 1.88. The molecule has 2 rings (SSSR count). The Morgan fingerprint density at radius 1 is 1.18 bits per heavy atom. The minimum atomic E-state index is -3.40. The maximum absolute atomic E-state index is 12.3. The first kappa shape index (κ1) is 22.0. The molecule has 0 aliphatic carbocycles. The summed E-state index contributed by atoms with van der Waals surface area (Å²) in [6.45, 7) is 3.23. The lowest BCUT2D eigenvalue weighted by atomic mass is 10.1. The number of nitrogens with one attached hydrogen (secondary N) is 2. The Bertz CT molecular complexity index is 916. The number of para-hydroxylation sites is 1. The minimum absolute atomic E-state index is 0.185. The zero-order valence-corrected chi connectivity index (χ0v) is 17.6. The average molecular weight is 425 g/mol. The summed E-state index contributed by atoms with van der Waals surface area (Å²) in [6, 6.07) is 12.3. The van der Waals surface area contributed by atoms with Gasteiger partial charge in [-0.1, -0.05) is 36.7 Å². The molecule has 2 N–H and O–H groups in total. The molecule has 0 saturated carbocycles. The van der Waals surface area contributed by atoms with Crippen molar-refractivity contribution in [2.45, 2.75) is 26.2 Å². The molecule has 0 fully saturated rings. The van der Waals surface area contributed by atoms with Gasteiger partial charge in [-0.3, -0.25) is 9.52 Å². The fourth-order valence-corrected chi connectivity index (χ4v) is 3.44. The van der Waals surface area contributed by atoms with E-state index < -0.39 is 10.0 Å². The topological polar surface area (TPSA) is 84.5 Å². The normalized spacial score (nSPS) is 11.1. The van der Waals surface area contributed by atoms with Crippen molar-refractivity contribution in [3.05, 3.63) is 58.6 Å². The van der Waals surface area contributed by atoms with E-state index in [1.165, 1.54) is 18.2 Å². The molecule has 0 heterocycles. The number of rotatable bonds is 10. The molecule has 8 heteroatoms. The van der Waals surface area contributed by atoms with Crippen molar-refractivity contribution in [2.75, 3.05) is 24.1 Å². The fraction of sp³-hybridized carbons (Fsp3) is 0.350. The highest BCUT2D eigenvalue weighted by atomic mass is 35.5. The van der Waals surface area contributed by atoms with Gasteiger partial charge in [-0.2, -0.15) is 0 Å². The molecule has 0 atom stereocenters. The molecule has 0 aliphatic rings. The van der Waals surface area contributed by atoms with Crippen LogP contribution in [0.3, 0.4) is 0 Å². The number of carbonyl (C=O) groups excluding carboxylic acids is 1. The van der Waals surface area contributed by atoms with Crippen LogP contribution in [0.4, 0.5) is 5.69 Å². The van der Waals surface area contributed by atoms with Crippen molar-refractivity contribution in [1.82, 2.24) is 5.32 Å². The van der Waals surface area contributed by atoms with Crippen LogP contribution in [0.15, 0.2) is 42.5 Å². The highest BCUT2D eigenvalue weighted by Crippen LogP contribution is 2.22. The first-order valence-corrected chi connectivity index (χ1v) is 11.3. The second kappa shape index (κ2) is 10.3. The summed E-state index contributed by atoms with van der Waals surface area (Å²) in [6.07, 6.45) is 3.53. The number of aryl methyl sites for hydroxylation is 1. The SMILES string of the molecule is CCCOc1ccccc1CCCNC(=O)c1ccc(NS(C)(=O)=O)cc1Cl. The Morgan fingerprint density at radius 2 is 1.93 bits per heavy atom. The smallest absolute Gasteiger partial charge is 0.252 e. The van der Waals surface area contributed by atoms with Crippen LogP contribution >= 0.6 is 11.6 Å². The van der Waals surface area contributed by atoms with Crippen LogP contribution in [0.2, 0.25) is 5.02 Å². The van der Waals surface area contributed by atoms with Gasteiger partial charge in [-0.25, -0.2) is 8.42 Å². The monoisotopic (exact) mass is 424 g/mol. The molecule has 0 bridgehead atoms. The van der Waals surface area contributed by atoms with Crippen molar-refractivity contribution in [1.29, 1.82) is 0 Å². The number of amides is 1. The number of benzene rings is 2. The number of hydrogen-bond donors (Lipinski definition) is 2. The van der Waals surface area contributed by atoms with Gasteiger partial charge < -0.3 is 10.1 Å². The van der Waals surface area contributed by atoms with Crippen molar-refractivity contribution >= 4 is 33.2 Å². The summed E-state index contributed by atoms with van der Waals surface area (Å²) in [5.74, 6) is 0.583. The number of halogens is 1. The van der Waals surface area contributed by atoms with Gasteiger partial charge in [0.05, 0.1) is 23.4 Å². The molecule has 0 unspecified atom stereocenters. The molecule has 2 aromatic carbocycles. The van der Waals surface area contributed by atoms with Gasteiger partial charge in [0, 0.05) is 12.2 Å². The van der Waals surface area contributed by atoms with Crippen molar-refractivity contribution in [2.24, 2.45) is 0 Å². The van der Waals surface area contributed by atoms with Gasteiger partial charge >= 0.3 is 0 Å².